The van der Waals surface area contributed by atoms with Crippen molar-refractivity contribution in [2.45, 2.75) is 51.6 Å². The Hall–Kier alpha value is -2.48. The number of aryl methyl sites for hydroxylation is 2. The largest absolute Gasteiger partial charge is 0.396 e. The molecule has 1 aliphatic heterocycles. The first-order valence-corrected chi connectivity index (χ1v) is 11.7. The maximum absolute atomic E-state index is 13.2. The normalized spacial score (nSPS) is 17.5. The van der Waals surface area contributed by atoms with E-state index in [0.717, 1.165) is 52.6 Å². The first kappa shape index (κ1) is 21.7. The third-order valence-corrected chi connectivity index (χ3v) is 7.15. The summed E-state index contributed by atoms with van der Waals surface area (Å²) in [7, 11) is 0. The van der Waals surface area contributed by atoms with Gasteiger partial charge in [0.1, 0.15) is 10.7 Å². The topological polar surface area (TPSA) is 90.0 Å². The monoisotopic (exact) mass is 438 g/mol. The van der Waals surface area contributed by atoms with Crippen molar-refractivity contribution in [3.8, 4) is 11.3 Å². The lowest BCUT2D eigenvalue weighted by atomic mass is 9.98. The minimum absolute atomic E-state index is 0.103. The number of piperidine rings is 1. The van der Waals surface area contributed by atoms with Crippen LogP contribution in [0.5, 0.6) is 0 Å². The Morgan fingerprint density at radius 1 is 1.23 bits per heavy atom. The highest BCUT2D eigenvalue weighted by Crippen LogP contribution is 2.29. The number of nitrogens with one attached hydrogen (secondary N) is 3. The van der Waals surface area contributed by atoms with E-state index in [9.17, 15) is 9.90 Å². The van der Waals surface area contributed by atoms with Crippen LogP contribution in [0.25, 0.3) is 11.3 Å². The highest BCUT2D eigenvalue weighted by atomic mass is 32.1. The van der Waals surface area contributed by atoms with Crippen molar-refractivity contribution < 1.29 is 9.90 Å². The number of rotatable bonds is 7. The standard InChI is InChI=1S/C24H30N4O2S/c1-15-6-8-17(9-7-15)18-10-11-20(27-18)23(30)28-22(19-5-3-4-13-25-19)24-26-16(2)21(31-24)12-14-29/h6-11,19,22,25,27,29H,3-5,12-14H2,1-2H3,(H,28,30). The zero-order chi connectivity index (χ0) is 21.8. The fraction of sp³-hybridized carbons (Fsp3) is 0.417. The summed E-state index contributed by atoms with van der Waals surface area (Å²) in [5.41, 5.74) is 4.66. The number of hydrogen-bond donors (Lipinski definition) is 4. The summed E-state index contributed by atoms with van der Waals surface area (Å²) >= 11 is 1.59. The van der Waals surface area contributed by atoms with E-state index >= 15 is 0 Å². The van der Waals surface area contributed by atoms with Crippen LogP contribution in [0.1, 0.15) is 56.9 Å². The van der Waals surface area contributed by atoms with Crippen LogP contribution in [0.4, 0.5) is 0 Å². The highest BCUT2D eigenvalue weighted by molar-refractivity contribution is 7.11. The van der Waals surface area contributed by atoms with Crippen LogP contribution in [0.3, 0.4) is 0 Å². The first-order valence-electron chi connectivity index (χ1n) is 10.9. The van der Waals surface area contributed by atoms with E-state index in [4.69, 9.17) is 4.98 Å². The molecule has 4 N–H and O–H groups in total. The zero-order valence-electron chi connectivity index (χ0n) is 18.1. The van der Waals surface area contributed by atoms with E-state index < -0.39 is 0 Å². The van der Waals surface area contributed by atoms with Crippen molar-refractivity contribution in [3.05, 3.63) is 63.2 Å². The number of aliphatic hydroxyl groups is 1. The summed E-state index contributed by atoms with van der Waals surface area (Å²) in [6, 6.07) is 12.0. The zero-order valence-corrected chi connectivity index (χ0v) is 18.9. The fourth-order valence-electron chi connectivity index (χ4n) is 4.06. The molecule has 31 heavy (non-hydrogen) atoms. The lowest BCUT2D eigenvalue weighted by Crippen LogP contribution is -2.46. The summed E-state index contributed by atoms with van der Waals surface area (Å²) in [4.78, 5) is 22.2. The van der Waals surface area contributed by atoms with Crippen molar-refractivity contribution >= 4 is 17.2 Å². The van der Waals surface area contributed by atoms with Gasteiger partial charge >= 0.3 is 0 Å². The van der Waals surface area contributed by atoms with E-state index in [2.05, 4.69) is 46.8 Å². The van der Waals surface area contributed by atoms with Crippen molar-refractivity contribution in [1.82, 2.24) is 20.6 Å². The van der Waals surface area contributed by atoms with Crippen molar-refractivity contribution in [2.24, 2.45) is 0 Å². The molecule has 7 heteroatoms. The molecular weight excluding hydrogens is 408 g/mol. The number of carbonyl (C=O) groups excluding carboxylic acids is 1. The van der Waals surface area contributed by atoms with Gasteiger partial charge in [0.25, 0.3) is 5.91 Å². The van der Waals surface area contributed by atoms with Gasteiger partial charge in [-0.1, -0.05) is 36.2 Å². The summed E-state index contributed by atoms with van der Waals surface area (Å²) in [6.07, 6.45) is 3.88. The Morgan fingerprint density at radius 2 is 2.03 bits per heavy atom. The van der Waals surface area contributed by atoms with Gasteiger partial charge in [0.05, 0.1) is 11.7 Å². The summed E-state index contributed by atoms with van der Waals surface area (Å²) in [5, 5.41) is 17.0. The molecule has 1 saturated heterocycles. The second-order valence-corrected chi connectivity index (χ2v) is 9.31. The molecule has 1 amide bonds. The summed E-state index contributed by atoms with van der Waals surface area (Å²) in [5.74, 6) is -0.132. The average molecular weight is 439 g/mol. The number of aromatic nitrogens is 2. The second-order valence-electron chi connectivity index (χ2n) is 8.19. The van der Waals surface area contributed by atoms with Crippen LogP contribution in [-0.2, 0) is 6.42 Å². The van der Waals surface area contributed by atoms with Gasteiger partial charge in [-0.2, -0.15) is 0 Å². The van der Waals surface area contributed by atoms with Crippen LogP contribution < -0.4 is 10.6 Å². The van der Waals surface area contributed by atoms with Gasteiger partial charge < -0.3 is 20.7 Å². The molecule has 0 bridgehead atoms. The van der Waals surface area contributed by atoms with Gasteiger partial charge in [0, 0.05) is 29.6 Å². The molecular formula is C24H30N4O2S. The molecule has 0 saturated carbocycles. The number of hydrogen-bond acceptors (Lipinski definition) is 5. The van der Waals surface area contributed by atoms with Gasteiger partial charge in [-0.25, -0.2) is 4.98 Å². The number of H-pyrrole nitrogens is 1. The minimum atomic E-state index is -0.199. The molecule has 1 aliphatic rings. The lowest BCUT2D eigenvalue weighted by molar-refractivity contribution is 0.0918. The first-order chi connectivity index (χ1) is 15.0. The summed E-state index contributed by atoms with van der Waals surface area (Å²) < 4.78 is 0. The van der Waals surface area contributed by atoms with Gasteiger partial charge in [0.15, 0.2) is 0 Å². The number of thiazole rings is 1. The maximum atomic E-state index is 13.2. The average Bonchev–Trinajstić information content (AvgIpc) is 3.41. The predicted octanol–water partition coefficient (Wildman–Crippen LogP) is 3.90. The van der Waals surface area contributed by atoms with Crippen LogP contribution in [0.2, 0.25) is 0 Å². The van der Waals surface area contributed by atoms with E-state index in [-0.39, 0.29) is 24.6 Å². The molecule has 2 atom stereocenters. The number of nitrogens with zero attached hydrogens (tertiary/aromatic N) is 1. The van der Waals surface area contributed by atoms with Gasteiger partial charge in [0.2, 0.25) is 0 Å². The number of amides is 1. The Labute approximate surface area is 187 Å². The molecule has 4 rings (SSSR count). The van der Waals surface area contributed by atoms with E-state index in [1.807, 2.05) is 19.1 Å². The van der Waals surface area contributed by atoms with Crippen molar-refractivity contribution in [1.29, 1.82) is 0 Å². The third kappa shape index (κ3) is 5.06. The van der Waals surface area contributed by atoms with Gasteiger partial charge in [-0.3, -0.25) is 4.79 Å². The quantitative estimate of drug-likeness (QED) is 0.450. The lowest BCUT2D eigenvalue weighted by Gasteiger charge is -2.30. The Balaban J connectivity index is 1.56. The molecule has 0 radical (unpaired) electrons. The molecule has 164 valence electrons. The maximum Gasteiger partial charge on any atom is 0.268 e. The van der Waals surface area contributed by atoms with Crippen molar-refractivity contribution in [3.63, 3.8) is 0 Å². The van der Waals surface area contributed by atoms with Crippen LogP contribution in [-0.4, -0.2) is 40.2 Å². The third-order valence-electron chi connectivity index (χ3n) is 5.84. The Morgan fingerprint density at radius 3 is 2.74 bits per heavy atom. The highest BCUT2D eigenvalue weighted by Gasteiger charge is 2.30. The SMILES string of the molecule is Cc1ccc(-c2ccc(C(=O)NC(c3nc(C)c(CCO)s3)C3CCCCN3)[nH]2)cc1. The minimum Gasteiger partial charge on any atom is -0.396 e. The van der Waals surface area contributed by atoms with Crippen LogP contribution in [0, 0.1) is 13.8 Å². The Bertz CT molecular complexity index is 1020. The van der Waals surface area contributed by atoms with E-state index in [1.165, 1.54) is 5.56 Å². The number of carbonyl (C=O) groups is 1. The molecule has 0 aliphatic carbocycles. The molecule has 6 nitrogen and oxygen atoms in total. The molecule has 2 aromatic heterocycles. The fourth-order valence-corrected chi connectivity index (χ4v) is 5.23. The molecule has 2 unspecified atom stereocenters. The van der Waals surface area contributed by atoms with Crippen molar-refractivity contribution in [2.75, 3.05) is 13.2 Å². The van der Waals surface area contributed by atoms with Gasteiger partial charge in [-0.05, 0) is 50.9 Å². The number of benzene rings is 1. The van der Waals surface area contributed by atoms with Crippen LogP contribution >= 0.6 is 11.3 Å². The second kappa shape index (κ2) is 9.77. The van der Waals surface area contributed by atoms with Crippen LogP contribution in [0.15, 0.2) is 36.4 Å². The van der Waals surface area contributed by atoms with Gasteiger partial charge in [-0.15, -0.1) is 11.3 Å². The number of aliphatic hydroxyl groups excluding tert-OH is 1. The van der Waals surface area contributed by atoms with E-state index in [1.54, 1.807) is 11.3 Å². The number of aromatic amines is 1. The predicted molar refractivity (Wildman–Crippen MR) is 124 cm³/mol. The Kier molecular flexibility index (Phi) is 6.85. The smallest absolute Gasteiger partial charge is 0.268 e. The molecule has 3 heterocycles. The van der Waals surface area contributed by atoms with E-state index in [0.29, 0.717) is 12.1 Å². The molecule has 0 spiro atoms. The molecule has 3 aromatic rings. The summed E-state index contributed by atoms with van der Waals surface area (Å²) in [6.45, 7) is 5.08. The molecule has 1 aromatic carbocycles. The molecule has 1 fully saturated rings.